The molecule has 0 atom stereocenters. The summed E-state index contributed by atoms with van der Waals surface area (Å²) in [5, 5.41) is 0. The fourth-order valence-corrected chi connectivity index (χ4v) is 5.51. The fourth-order valence-electron chi connectivity index (χ4n) is 3.88. The average molecular weight is 447 g/mol. The summed E-state index contributed by atoms with van der Waals surface area (Å²) in [5.74, 6) is 1.44. The molecule has 0 unspecified atom stereocenters. The molecule has 3 rings (SSSR count). The number of rotatable bonds is 7. The van der Waals surface area contributed by atoms with Gasteiger partial charge in [0.15, 0.2) is 0 Å². The highest BCUT2D eigenvalue weighted by Crippen LogP contribution is 2.26. The highest BCUT2D eigenvalue weighted by atomic mass is 32.2. The number of carbonyl (C=O) groups excluding carboxylic acids is 1. The number of hydrogen-bond acceptors (Lipinski definition) is 5. The van der Waals surface area contributed by atoms with Gasteiger partial charge in [-0.2, -0.15) is 4.31 Å². The molecule has 1 saturated heterocycles. The number of methoxy groups -OCH3 is 2. The number of carbonyl (C=O) groups is 1. The van der Waals surface area contributed by atoms with Crippen LogP contribution in [0.4, 0.5) is 0 Å². The summed E-state index contributed by atoms with van der Waals surface area (Å²) >= 11 is 0. The first-order chi connectivity index (χ1) is 14.8. The van der Waals surface area contributed by atoms with Gasteiger partial charge in [0.2, 0.25) is 15.9 Å². The van der Waals surface area contributed by atoms with Crippen LogP contribution in [0.5, 0.6) is 11.5 Å². The van der Waals surface area contributed by atoms with Crippen LogP contribution in [-0.2, 0) is 21.2 Å². The maximum Gasteiger partial charge on any atom is 0.243 e. The molecule has 0 radical (unpaired) electrons. The van der Waals surface area contributed by atoms with Crippen LogP contribution in [0.25, 0.3) is 0 Å². The summed E-state index contributed by atoms with van der Waals surface area (Å²) in [6.07, 6.45) is 0.855. The Bertz CT molecular complexity index is 1040. The molecule has 0 N–H and O–H groups in total. The lowest BCUT2D eigenvalue weighted by Crippen LogP contribution is -2.50. The smallest absolute Gasteiger partial charge is 0.243 e. The third-order valence-electron chi connectivity index (χ3n) is 5.64. The summed E-state index contributed by atoms with van der Waals surface area (Å²) in [5.41, 5.74) is 2.68. The van der Waals surface area contributed by atoms with E-state index in [9.17, 15) is 13.2 Å². The van der Waals surface area contributed by atoms with E-state index in [1.54, 1.807) is 25.2 Å². The zero-order valence-electron chi connectivity index (χ0n) is 18.6. The average Bonchev–Trinajstić information content (AvgIpc) is 2.77. The highest BCUT2D eigenvalue weighted by molar-refractivity contribution is 7.89. The first-order valence-electron chi connectivity index (χ1n) is 10.3. The molecule has 1 amide bonds. The molecule has 2 aromatic carbocycles. The first-order valence-corrected chi connectivity index (χ1v) is 11.8. The molecule has 1 fully saturated rings. The molecule has 2 aromatic rings. The predicted octanol–water partition coefficient (Wildman–Crippen LogP) is 2.79. The third kappa shape index (κ3) is 5.19. The SMILES string of the molecule is COc1ccc(OC)c(CCC(=O)N2CCN(S(=O)(=O)c3ccc(C)cc3C)CC2)c1. The normalized spacial score (nSPS) is 15.0. The molecule has 1 aliphatic rings. The van der Waals surface area contributed by atoms with Crippen LogP contribution in [-0.4, -0.2) is 63.9 Å². The van der Waals surface area contributed by atoms with Gasteiger partial charge in [0.25, 0.3) is 0 Å². The zero-order valence-corrected chi connectivity index (χ0v) is 19.4. The summed E-state index contributed by atoms with van der Waals surface area (Å²) < 4.78 is 38.2. The molecular formula is C23H30N2O5S. The molecule has 8 heteroatoms. The maximum atomic E-state index is 13.0. The Morgan fingerprint density at radius 2 is 1.68 bits per heavy atom. The Labute approximate surface area is 184 Å². The van der Waals surface area contributed by atoms with Crippen LogP contribution in [0, 0.1) is 13.8 Å². The number of hydrogen-bond donors (Lipinski definition) is 0. The largest absolute Gasteiger partial charge is 0.497 e. The number of aryl methyl sites for hydroxylation is 3. The van der Waals surface area contributed by atoms with Crippen molar-refractivity contribution in [1.29, 1.82) is 0 Å². The van der Waals surface area contributed by atoms with Gasteiger partial charge in [0, 0.05) is 32.6 Å². The van der Waals surface area contributed by atoms with Gasteiger partial charge in [-0.05, 0) is 55.7 Å². The molecule has 7 nitrogen and oxygen atoms in total. The minimum atomic E-state index is -3.57. The van der Waals surface area contributed by atoms with Gasteiger partial charge < -0.3 is 14.4 Å². The number of ether oxygens (including phenoxy) is 2. The van der Waals surface area contributed by atoms with E-state index in [-0.39, 0.29) is 5.91 Å². The van der Waals surface area contributed by atoms with Crippen molar-refractivity contribution in [2.24, 2.45) is 0 Å². The van der Waals surface area contributed by atoms with Crippen LogP contribution < -0.4 is 9.47 Å². The molecule has 0 bridgehead atoms. The van der Waals surface area contributed by atoms with Gasteiger partial charge >= 0.3 is 0 Å². The van der Waals surface area contributed by atoms with Crippen molar-refractivity contribution in [3.05, 3.63) is 53.1 Å². The standard InChI is InChI=1S/C23H30N2O5S/c1-17-5-9-22(18(2)15-17)31(27,28)25-13-11-24(12-14-25)23(26)10-6-19-16-20(29-3)7-8-21(19)30-4/h5,7-9,15-16H,6,10-14H2,1-4H3. The quantitative estimate of drug-likeness (QED) is 0.654. The monoisotopic (exact) mass is 446 g/mol. The van der Waals surface area contributed by atoms with E-state index in [0.29, 0.717) is 49.7 Å². The van der Waals surface area contributed by atoms with E-state index in [1.165, 1.54) is 4.31 Å². The summed E-state index contributed by atoms with van der Waals surface area (Å²) in [6, 6.07) is 10.9. The Morgan fingerprint density at radius 1 is 0.968 bits per heavy atom. The van der Waals surface area contributed by atoms with E-state index >= 15 is 0 Å². The lowest BCUT2D eigenvalue weighted by molar-refractivity contribution is -0.132. The van der Waals surface area contributed by atoms with E-state index in [2.05, 4.69) is 0 Å². The lowest BCUT2D eigenvalue weighted by atomic mass is 10.1. The van der Waals surface area contributed by atoms with Gasteiger partial charge in [-0.1, -0.05) is 17.7 Å². The Balaban J connectivity index is 1.60. The van der Waals surface area contributed by atoms with Crippen molar-refractivity contribution in [3.8, 4) is 11.5 Å². The van der Waals surface area contributed by atoms with Crippen molar-refractivity contribution in [2.45, 2.75) is 31.6 Å². The Kier molecular flexibility index (Phi) is 7.23. The number of benzene rings is 2. The van der Waals surface area contributed by atoms with Crippen LogP contribution in [0.3, 0.4) is 0 Å². The van der Waals surface area contributed by atoms with Crippen molar-refractivity contribution in [3.63, 3.8) is 0 Å². The van der Waals surface area contributed by atoms with Crippen molar-refractivity contribution in [2.75, 3.05) is 40.4 Å². The van der Waals surface area contributed by atoms with Gasteiger partial charge in [-0.3, -0.25) is 4.79 Å². The Hall–Kier alpha value is -2.58. The minimum Gasteiger partial charge on any atom is -0.497 e. The molecule has 1 aliphatic heterocycles. The van der Waals surface area contributed by atoms with Crippen molar-refractivity contribution in [1.82, 2.24) is 9.21 Å². The number of nitrogens with zero attached hydrogens (tertiary/aromatic N) is 2. The second-order valence-electron chi connectivity index (χ2n) is 7.73. The molecule has 31 heavy (non-hydrogen) atoms. The van der Waals surface area contributed by atoms with Gasteiger partial charge in [0.05, 0.1) is 19.1 Å². The van der Waals surface area contributed by atoms with Gasteiger partial charge in [0.1, 0.15) is 11.5 Å². The first kappa shape index (κ1) is 23.1. The molecular weight excluding hydrogens is 416 g/mol. The van der Waals surface area contributed by atoms with Crippen LogP contribution in [0.2, 0.25) is 0 Å². The minimum absolute atomic E-state index is 0.00781. The number of sulfonamides is 1. The molecule has 168 valence electrons. The van der Waals surface area contributed by atoms with Crippen LogP contribution in [0.1, 0.15) is 23.1 Å². The molecule has 0 saturated carbocycles. The second kappa shape index (κ2) is 9.70. The fraction of sp³-hybridized carbons (Fsp3) is 0.435. The summed E-state index contributed by atoms with van der Waals surface area (Å²) in [4.78, 5) is 14.8. The van der Waals surface area contributed by atoms with Crippen molar-refractivity contribution < 1.29 is 22.7 Å². The lowest BCUT2D eigenvalue weighted by Gasteiger charge is -2.34. The maximum absolute atomic E-state index is 13.0. The van der Waals surface area contributed by atoms with Gasteiger partial charge in [-0.25, -0.2) is 8.42 Å². The Morgan fingerprint density at radius 3 is 2.29 bits per heavy atom. The number of piperazine rings is 1. The topological polar surface area (TPSA) is 76.2 Å². The summed E-state index contributed by atoms with van der Waals surface area (Å²) in [6.45, 7) is 5.12. The van der Waals surface area contributed by atoms with E-state index in [0.717, 1.165) is 22.4 Å². The van der Waals surface area contributed by atoms with Crippen molar-refractivity contribution >= 4 is 15.9 Å². The van der Waals surface area contributed by atoms with Crippen LogP contribution >= 0.6 is 0 Å². The molecule has 0 spiro atoms. The highest BCUT2D eigenvalue weighted by Gasteiger charge is 2.31. The summed E-state index contributed by atoms with van der Waals surface area (Å²) in [7, 11) is -0.366. The molecule has 0 aliphatic carbocycles. The van der Waals surface area contributed by atoms with E-state index in [4.69, 9.17) is 9.47 Å². The number of amides is 1. The predicted molar refractivity (Wildman–Crippen MR) is 119 cm³/mol. The molecule has 0 aromatic heterocycles. The third-order valence-corrected chi connectivity index (χ3v) is 7.69. The van der Waals surface area contributed by atoms with E-state index in [1.807, 2.05) is 44.2 Å². The zero-order chi connectivity index (χ0) is 22.6. The van der Waals surface area contributed by atoms with Crippen LogP contribution in [0.15, 0.2) is 41.3 Å². The second-order valence-corrected chi connectivity index (χ2v) is 9.64. The van der Waals surface area contributed by atoms with Gasteiger partial charge in [-0.15, -0.1) is 0 Å². The molecule has 1 heterocycles. The van der Waals surface area contributed by atoms with E-state index < -0.39 is 10.0 Å².